The number of fused-ring (bicyclic) bond motifs is 3. The number of aliphatic hydroxyl groups excluding tert-OH is 1. The SMILES string of the molecule is CN1CCN(c2ccc(Nc3ncc4c(n3)Nc3cccc(n3)C(O)CC/C=C\CNC4=O)cc2)CC1. The number of nitrogens with zero attached hydrogens (tertiary/aromatic N) is 5. The minimum atomic E-state index is -0.681. The molecule has 10 heteroatoms. The average Bonchev–Trinajstić information content (AvgIpc) is 2.91. The molecule has 0 aliphatic carbocycles. The van der Waals surface area contributed by atoms with Crippen molar-refractivity contribution in [1.29, 1.82) is 0 Å². The van der Waals surface area contributed by atoms with E-state index in [2.05, 4.69) is 59.9 Å². The van der Waals surface area contributed by atoms with E-state index in [4.69, 9.17) is 0 Å². The van der Waals surface area contributed by atoms with Crippen LogP contribution in [0.3, 0.4) is 0 Å². The van der Waals surface area contributed by atoms with Gasteiger partial charge in [-0.25, -0.2) is 9.97 Å². The molecule has 0 spiro atoms. The Kier molecular flexibility index (Phi) is 7.57. The summed E-state index contributed by atoms with van der Waals surface area (Å²) in [6, 6.07) is 13.6. The summed E-state index contributed by atoms with van der Waals surface area (Å²) in [5, 5.41) is 19.8. The van der Waals surface area contributed by atoms with E-state index in [1.165, 1.54) is 11.9 Å². The molecular formula is C27H32N8O2. The summed E-state index contributed by atoms with van der Waals surface area (Å²) >= 11 is 0. The van der Waals surface area contributed by atoms with Crippen LogP contribution in [0, 0.1) is 0 Å². The Balaban J connectivity index is 1.38. The van der Waals surface area contributed by atoms with Crippen LogP contribution in [0.25, 0.3) is 0 Å². The Morgan fingerprint density at radius 2 is 1.84 bits per heavy atom. The largest absolute Gasteiger partial charge is 0.387 e. The first-order valence-electron chi connectivity index (χ1n) is 12.6. The number of rotatable bonds is 3. The van der Waals surface area contributed by atoms with E-state index in [-0.39, 0.29) is 5.91 Å². The average molecular weight is 501 g/mol. The summed E-state index contributed by atoms with van der Waals surface area (Å²) < 4.78 is 0. The zero-order chi connectivity index (χ0) is 25.6. The number of likely N-dealkylation sites (N-methyl/N-ethyl adjacent to an activating group) is 1. The van der Waals surface area contributed by atoms with Crippen LogP contribution in [0.5, 0.6) is 0 Å². The summed E-state index contributed by atoms with van der Waals surface area (Å²) in [6.45, 7) is 4.49. The third-order valence-corrected chi connectivity index (χ3v) is 6.54. The number of carbonyl (C=O) groups excluding carboxylic acids is 1. The van der Waals surface area contributed by atoms with Gasteiger partial charge in [-0.2, -0.15) is 4.98 Å². The van der Waals surface area contributed by atoms with Gasteiger partial charge in [-0.05, 0) is 56.3 Å². The van der Waals surface area contributed by atoms with Gasteiger partial charge in [0.2, 0.25) is 5.95 Å². The second-order valence-electron chi connectivity index (χ2n) is 9.27. The number of aromatic nitrogens is 3. The van der Waals surface area contributed by atoms with Gasteiger partial charge in [-0.1, -0.05) is 18.2 Å². The second-order valence-corrected chi connectivity index (χ2v) is 9.27. The fourth-order valence-electron chi connectivity index (χ4n) is 4.33. The van der Waals surface area contributed by atoms with Crippen LogP contribution < -0.4 is 20.9 Å². The van der Waals surface area contributed by atoms with Gasteiger partial charge < -0.3 is 30.9 Å². The lowest BCUT2D eigenvalue weighted by Crippen LogP contribution is -2.44. The molecule has 2 bridgehead atoms. The van der Waals surface area contributed by atoms with Crippen molar-refractivity contribution in [2.45, 2.75) is 18.9 Å². The molecule has 2 aromatic heterocycles. The van der Waals surface area contributed by atoms with Gasteiger partial charge in [0.25, 0.3) is 5.91 Å². The van der Waals surface area contributed by atoms with E-state index in [0.717, 1.165) is 31.9 Å². The summed E-state index contributed by atoms with van der Waals surface area (Å²) in [5.41, 5.74) is 2.89. The lowest BCUT2D eigenvalue weighted by Gasteiger charge is -2.34. The highest BCUT2D eigenvalue weighted by atomic mass is 16.3. The van der Waals surface area contributed by atoms with Crippen LogP contribution in [0.2, 0.25) is 0 Å². The zero-order valence-electron chi connectivity index (χ0n) is 20.9. The Labute approximate surface area is 216 Å². The number of carbonyl (C=O) groups is 1. The molecule has 0 radical (unpaired) electrons. The van der Waals surface area contributed by atoms with Crippen molar-refractivity contribution < 1.29 is 9.90 Å². The maximum Gasteiger partial charge on any atom is 0.256 e. The molecule has 37 heavy (non-hydrogen) atoms. The van der Waals surface area contributed by atoms with Crippen molar-refractivity contribution in [3.05, 3.63) is 72.1 Å². The maximum atomic E-state index is 12.9. The Bertz CT molecular complexity index is 1260. The van der Waals surface area contributed by atoms with Crippen LogP contribution in [0.15, 0.2) is 60.8 Å². The molecule has 1 aromatic carbocycles. The van der Waals surface area contributed by atoms with Crippen molar-refractivity contribution in [3.8, 4) is 0 Å². The predicted molar refractivity (Wildman–Crippen MR) is 145 cm³/mol. The zero-order valence-corrected chi connectivity index (χ0v) is 20.9. The number of pyridine rings is 1. The number of hydrogen-bond donors (Lipinski definition) is 4. The lowest BCUT2D eigenvalue weighted by molar-refractivity contribution is 0.0958. The Morgan fingerprint density at radius 3 is 2.65 bits per heavy atom. The highest BCUT2D eigenvalue weighted by Crippen LogP contribution is 2.25. The summed E-state index contributed by atoms with van der Waals surface area (Å²) in [5.74, 6) is 0.871. The number of anilines is 5. The quantitative estimate of drug-likeness (QED) is 0.402. The fraction of sp³-hybridized carbons (Fsp3) is 0.333. The minimum Gasteiger partial charge on any atom is -0.387 e. The topological polar surface area (TPSA) is 119 Å². The van der Waals surface area contributed by atoms with Gasteiger partial charge in [0, 0.05) is 50.3 Å². The molecule has 1 unspecified atom stereocenters. The first-order valence-corrected chi connectivity index (χ1v) is 12.6. The third-order valence-electron chi connectivity index (χ3n) is 6.54. The molecular weight excluding hydrogens is 468 g/mol. The fourth-order valence-corrected chi connectivity index (χ4v) is 4.33. The predicted octanol–water partition coefficient (Wildman–Crippen LogP) is 3.22. The number of benzene rings is 1. The monoisotopic (exact) mass is 500 g/mol. The second kappa shape index (κ2) is 11.4. The van der Waals surface area contributed by atoms with E-state index >= 15 is 0 Å². The third kappa shape index (κ3) is 6.22. The molecule has 4 N–H and O–H groups in total. The van der Waals surface area contributed by atoms with Gasteiger partial charge in [-0.3, -0.25) is 4.79 Å². The number of aliphatic hydroxyl groups is 1. The van der Waals surface area contributed by atoms with Gasteiger partial charge in [0.1, 0.15) is 17.2 Å². The number of hydrogen-bond acceptors (Lipinski definition) is 9. The van der Waals surface area contributed by atoms with Crippen LogP contribution >= 0.6 is 0 Å². The standard InChI is InChI=1S/C27H32N8O2/c1-34-14-16-35(17-15-34)20-11-9-19(10-12-20)30-27-29-18-21-25(33-27)32-24-8-5-6-22(31-24)23(36)7-3-2-4-13-28-26(21)37/h2,4-6,8-12,18,23,36H,3,7,13-17H2,1H3,(H,28,37)(H2,29,30,31,32,33)/b4-2-. The summed E-state index contributed by atoms with van der Waals surface area (Å²) in [4.78, 5) is 31.1. The maximum absolute atomic E-state index is 12.9. The van der Waals surface area contributed by atoms with Gasteiger partial charge >= 0.3 is 0 Å². The molecule has 2 aliphatic heterocycles. The number of amides is 1. The number of nitrogens with one attached hydrogen (secondary N) is 3. The molecule has 10 nitrogen and oxygen atoms in total. The van der Waals surface area contributed by atoms with Crippen LogP contribution in [-0.4, -0.2) is 70.6 Å². The van der Waals surface area contributed by atoms with Gasteiger partial charge in [-0.15, -0.1) is 0 Å². The van der Waals surface area contributed by atoms with Crippen molar-refractivity contribution >= 4 is 34.9 Å². The molecule has 0 saturated carbocycles. The number of piperazine rings is 1. The molecule has 4 heterocycles. The highest BCUT2D eigenvalue weighted by Gasteiger charge is 2.18. The summed E-state index contributed by atoms with van der Waals surface area (Å²) in [6.07, 6.45) is 5.86. The molecule has 3 aromatic rings. The van der Waals surface area contributed by atoms with Gasteiger partial charge in [0.15, 0.2) is 0 Å². The molecule has 1 amide bonds. The molecule has 1 atom stereocenters. The number of allylic oxidation sites excluding steroid dienone is 1. The van der Waals surface area contributed by atoms with Crippen LogP contribution in [-0.2, 0) is 0 Å². The molecule has 192 valence electrons. The van der Waals surface area contributed by atoms with Crippen molar-refractivity contribution in [2.75, 3.05) is 55.3 Å². The Hall–Kier alpha value is -4.02. The normalized spacial score (nSPS) is 19.7. The minimum absolute atomic E-state index is 0.288. The van der Waals surface area contributed by atoms with E-state index in [9.17, 15) is 9.90 Å². The van der Waals surface area contributed by atoms with E-state index in [0.29, 0.717) is 48.2 Å². The lowest BCUT2D eigenvalue weighted by atomic mass is 10.1. The molecule has 5 rings (SSSR count). The van der Waals surface area contributed by atoms with E-state index in [1.54, 1.807) is 12.1 Å². The van der Waals surface area contributed by atoms with Crippen molar-refractivity contribution in [2.24, 2.45) is 0 Å². The Morgan fingerprint density at radius 1 is 1.03 bits per heavy atom. The van der Waals surface area contributed by atoms with E-state index < -0.39 is 6.10 Å². The van der Waals surface area contributed by atoms with E-state index in [1.807, 2.05) is 30.4 Å². The van der Waals surface area contributed by atoms with Crippen molar-refractivity contribution in [3.63, 3.8) is 0 Å². The van der Waals surface area contributed by atoms with Gasteiger partial charge in [0.05, 0.1) is 11.8 Å². The molecule has 2 aliphatic rings. The highest BCUT2D eigenvalue weighted by molar-refractivity contribution is 5.99. The first-order chi connectivity index (χ1) is 18.0. The van der Waals surface area contributed by atoms with Crippen molar-refractivity contribution in [1.82, 2.24) is 25.2 Å². The molecule has 1 saturated heterocycles. The first kappa shape index (κ1) is 24.7. The van der Waals surface area contributed by atoms with Crippen LogP contribution in [0.4, 0.5) is 29.0 Å². The van der Waals surface area contributed by atoms with Crippen LogP contribution in [0.1, 0.15) is 35.0 Å². The molecule has 1 fully saturated rings. The summed E-state index contributed by atoms with van der Waals surface area (Å²) in [7, 11) is 2.15. The smallest absolute Gasteiger partial charge is 0.256 e.